The van der Waals surface area contributed by atoms with Crippen molar-refractivity contribution >= 4 is 5.97 Å². The smallest absolute Gasteiger partial charge is 0.331 e. The predicted molar refractivity (Wildman–Crippen MR) is 71.6 cm³/mol. The number of hydrogen-bond donors (Lipinski definition) is 3. The lowest BCUT2D eigenvalue weighted by molar-refractivity contribution is -0.149. The lowest BCUT2D eigenvalue weighted by atomic mass is 9.57. The van der Waals surface area contributed by atoms with Gasteiger partial charge in [0.25, 0.3) is 0 Å². The van der Waals surface area contributed by atoms with E-state index in [4.69, 9.17) is 0 Å². The Morgan fingerprint density at radius 3 is 2.47 bits per heavy atom. The second kappa shape index (κ2) is 4.60. The molecule has 2 rings (SSSR count). The molecular weight excluding hydrogens is 244 g/mol. The molecule has 0 aromatic heterocycles. The van der Waals surface area contributed by atoms with E-state index in [2.05, 4.69) is 0 Å². The molecule has 1 fully saturated rings. The molecule has 0 amide bonds. The van der Waals surface area contributed by atoms with Crippen LogP contribution in [0.2, 0.25) is 0 Å². The highest BCUT2D eigenvalue weighted by Gasteiger charge is 2.55. The number of hydrogen-bond acceptors (Lipinski definition) is 3. The van der Waals surface area contributed by atoms with Gasteiger partial charge < -0.3 is 15.3 Å². The Balaban J connectivity index is 2.53. The van der Waals surface area contributed by atoms with Gasteiger partial charge in [-0.25, -0.2) is 4.79 Å². The molecule has 0 radical (unpaired) electrons. The van der Waals surface area contributed by atoms with Gasteiger partial charge in [0.2, 0.25) is 0 Å². The van der Waals surface area contributed by atoms with Gasteiger partial charge in [-0.3, -0.25) is 0 Å². The molecule has 19 heavy (non-hydrogen) atoms. The Kier molecular flexibility index (Phi) is 3.52. The van der Waals surface area contributed by atoms with Gasteiger partial charge in [0.15, 0.2) is 0 Å². The maximum absolute atomic E-state index is 11.4. The lowest BCUT2D eigenvalue weighted by Crippen LogP contribution is -2.57. The third-order valence-electron chi connectivity index (χ3n) is 5.51. The summed E-state index contributed by atoms with van der Waals surface area (Å²) in [5, 5.41) is 30.5. The minimum atomic E-state index is -1.23. The summed E-state index contributed by atoms with van der Waals surface area (Å²) in [5.41, 5.74) is -1.30. The van der Waals surface area contributed by atoms with Gasteiger partial charge in [0, 0.05) is 16.9 Å². The van der Waals surface area contributed by atoms with Crippen molar-refractivity contribution in [1.82, 2.24) is 0 Å². The Labute approximate surface area is 114 Å². The lowest BCUT2D eigenvalue weighted by Gasteiger charge is -2.52. The topological polar surface area (TPSA) is 77.8 Å². The SMILES string of the molecule is C[C@@H]1CC[C@]2(C)CC[C@H](O)[C@H](C)[C@]2(O)C=C1C(=O)O. The Hall–Kier alpha value is -0.870. The largest absolute Gasteiger partial charge is 0.478 e. The van der Waals surface area contributed by atoms with Crippen molar-refractivity contribution in [2.45, 2.75) is 58.2 Å². The van der Waals surface area contributed by atoms with Gasteiger partial charge in [-0.05, 0) is 37.7 Å². The summed E-state index contributed by atoms with van der Waals surface area (Å²) < 4.78 is 0. The van der Waals surface area contributed by atoms with E-state index in [0.717, 1.165) is 19.3 Å². The van der Waals surface area contributed by atoms with Gasteiger partial charge >= 0.3 is 5.97 Å². The number of rotatable bonds is 1. The van der Waals surface area contributed by atoms with Crippen LogP contribution in [0, 0.1) is 17.3 Å². The summed E-state index contributed by atoms with van der Waals surface area (Å²) in [6.45, 7) is 5.72. The Morgan fingerprint density at radius 2 is 1.89 bits per heavy atom. The van der Waals surface area contributed by atoms with Crippen molar-refractivity contribution in [2.24, 2.45) is 17.3 Å². The maximum Gasteiger partial charge on any atom is 0.331 e. The summed E-state index contributed by atoms with van der Waals surface area (Å²) in [6.07, 6.45) is 3.91. The van der Waals surface area contributed by atoms with Crippen LogP contribution in [0.1, 0.15) is 46.5 Å². The molecule has 5 atom stereocenters. The van der Waals surface area contributed by atoms with E-state index in [1.54, 1.807) is 0 Å². The van der Waals surface area contributed by atoms with Crippen LogP contribution in [0.25, 0.3) is 0 Å². The van der Waals surface area contributed by atoms with Gasteiger partial charge in [0.05, 0.1) is 11.7 Å². The highest BCUT2D eigenvalue weighted by Crippen LogP contribution is 2.53. The monoisotopic (exact) mass is 268 g/mol. The van der Waals surface area contributed by atoms with E-state index in [1.807, 2.05) is 20.8 Å². The van der Waals surface area contributed by atoms with E-state index in [9.17, 15) is 20.1 Å². The number of carbonyl (C=O) groups is 1. The molecule has 0 saturated heterocycles. The first-order valence-electron chi connectivity index (χ1n) is 7.08. The zero-order valence-electron chi connectivity index (χ0n) is 11.9. The summed E-state index contributed by atoms with van der Waals surface area (Å²) in [7, 11) is 0. The molecular formula is C15H24O4. The van der Waals surface area contributed by atoms with Crippen LogP contribution in [0.5, 0.6) is 0 Å². The molecule has 4 heteroatoms. The van der Waals surface area contributed by atoms with Crippen LogP contribution in [-0.4, -0.2) is 33.0 Å². The van der Waals surface area contributed by atoms with Gasteiger partial charge in [-0.15, -0.1) is 0 Å². The number of aliphatic carboxylic acids is 1. The minimum absolute atomic E-state index is 0.0618. The van der Waals surface area contributed by atoms with Gasteiger partial charge in [-0.1, -0.05) is 20.8 Å². The number of carboxylic acids is 1. The molecule has 0 bridgehead atoms. The first-order chi connectivity index (χ1) is 8.71. The van der Waals surface area contributed by atoms with Gasteiger partial charge in [-0.2, -0.15) is 0 Å². The van der Waals surface area contributed by atoms with Gasteiger partial charge in [0.1, 0.15) is 0 Å². The zero-order valence-corrected chi connectivity index (χ0v) is 11.9. The predicted octanol–water partition coefficient (Wildman–Crippen LogP) is 1.96. The first-order valence-corrected chi connectivity index (χ1v) is 7.08. The minimum Gasteiger partial charge on any atom is -0.478 e. The molecule has 0 unspecified atom stereocenters. The van der Waals surface area contributed by atoms with Crippen molar-refractivity contribution < 1.29 is 20.1 Å². The molecule has 3 N–H and O–H groups in total. The van der Waals surface area contributed by atoms with Crippen LogP contribution in [0.3, 0.4) is 0 Å². The number of aliphatic hydroxyl groups is 2. The van der Waals surface area contributed by atoms with E-state index < -0.39 is 17.7 Å². The Morgan fingerprint density at radius 1 is 1.32 bits per heavy atom. The summed E-state index contributed by atoms with van der Waals surface area (Å²) >= 11 is 0. The van der Waals surface area contributed by atoms with E-state index in [-0.39, 0.29) is 22.8 Å². The number of fused-ring (bicyclic) bond motifs is 1. The summed E-state index contributed by atoms with van der Waals surface area (Å²) in [5.74, 6) is -1.36. The van der Waals surface area contributed by atoms with Crippen LogP contribution >= 0.6 is 0 Å². The van der Waals surface area contributed by atoms with E-state index in [1.165, 1.54) is 6.08 Å². The fourth-order valence-electron chi connectivity index (χ4n) is 3.73. The van der Waals surface area contributed by atoms with Crippen LogP contribution in [-0.2, 0) is 4.79 Å². The molecule has 2 aliphatic carbocycles. The molecule has 0 aromatic carbocycles. The van der Waals surface area contributed by atoms with E-state index >= 15 is 0 Å². The van der Waals surface area contributed by atoms with E-state index in [0.29, 0.717) is 6.42 Å². The van der Waals surface area contributed by atoms with Crippen LogP contribution in [0.4, 0.5) is 0 Å². The molecule has 0 aromatic rings. The average Bonchev–Trinajstić information content (AvgIpc) is 2.45. The molecule has 0 heterocycles. The molecule has 0 aliphatic heterocycles. The van der Waals surface area contributed by atoms with Crippen molar-refractivity contribution in [3.63, 3.8) is 0 Å². The third kappa shape index (κ3) is 2.11. The third-order valence-corrected chi connectivity index (χ3v) is 5.51. The van der Waals surface area contributed by atoms with Crippen molar-refractivity contribution in [3.05, 3.63) is 11.6 Å². The standard InChI is InChI=1S/C15H24O4/c1-9-4-6-14(3)7-5-12(16)10(2)15(14,19)8-11(9)13(17)18/h8-10,12,16,19H,4-7H2,1-3H3,(H,17,18)/t9-,10+,12+,14-,15-/m1/s1. The second-order valence-electron chi connectivity index (χ2n) is 6.63. The number of aliphatic hydroxyl groups excluding tert-OH is 1. The highest BCUT2D eigenvalue weighted by atomic mass is 16.4. The van der Waals surface area contributed by atoms with Crippen LogP contribution < -0.4 is 0 Å². The van der Waals surface area contributed by atoms with Crippen molar-refractivity contribution in [1.29, 1.82) is 0 Å². The van der Waals surface area contributed by atoms with Crippen LogP contribution in [0.15, 0.2) is 11.6 Å². The molecule has 1 saturated carbocycles. The molecule has 4 nitrogen and oxygen atoms in total. The fraction of sp³-hybridized carbons (Fsp3) is 0.800. The maximum atomic E-state index is 11.4. The van der Waals surface area contributed by atoms with Crippen molar-refractivity contribution in [2.75, 3.05) is 0 Å². The second-order valence-corrected chi connectivity index (χ2v) is 6.63. The summed E-state index contributed by atoms with van der Waals surface area (Å²) in [4.78, 5) is 11.4. The summed E-state index contributed by atoms with van der Waals surface area (Å²) in [6, 6.07) is 0. The normalized spacial score (nSPS) is 47.0. The average molecular weight is 268 g/mol. The fourth-order valence-corrected chi connectivity index (χ4v) is 3.73. The molecule has 2 aliphatic rings. The number of carboxylic acid groups (broad SMARTS) is 1. The van der Waals surface area contributed by atoms with Crippen molar-refractivity contribution in [3.8, 4) is 0 Å². The quantitative estimate of drug-likeness (QED) is 0.679. The molecule has 108 valence electrons. The molecule has 0 spiro atoms. The Bertz CT molecular complexity index is 416. The first kappa shape index (κ1) is 14.5. The zero-order chi connectivity index (χ0) is 14.4. The highest BCUT2D eigenvalue weighted by molar-refractivity contribution is 5.87.